The first kappa shape index (κ1) is 19.7. The molecule has 1 unspecified atom stereocenters. The molecule has 0 radical (unpaired) electrons. The van der Waals surface area contributed by atoms with E-state index in [1.807, 2.05) is 6.92 Å². The average Bonchev–Trinajstić information content (AvgIpc) is 2.98. The molecule has 0 aliphatic carbocycles. The van der Waals surface area contributed by atoms with Gasteiger partial charge in [0.15, 0.2) is 4.34 Å². The first-order valence-corrected chi connectivity index (χ1v) is 10.0. The molecule has 1 aromatic heterocycles. The molecule has 0 saturated carbocycles. The first-order valence-electron chi connectivity index (χ1n) is 8.20. The van der Waals surface area contributed by atoms with Crippen LogP contribution in [0.15, 0.2) is 28.6 Å². The van der Waals surface area contributed by atoms with Gasteiger partial charge in [0.2, 0.25) is 11.0 Å². The highest BCUT2D eigenvalue weighted by atomic mass is 32.2. The summed E-state index contributed by atoms with van der Waals surface area (Å²) in [5, 5.41) is 14.6. The lowest BCUT2D eigenvalue weighted by molar-refractivity contribution is -0.119. The van der Waals surface area contributed by atoms with Gasteiger partial charge in [-0.05, 0) is 43.9 Å². The largest absolute Gasteiger partial charge is 0.353 e. The summed E-state index contributed by atoms with van der Waals surface area (Å²) in [7, 11) is 0. The van der Waals surface area contributed by atoms with Crippen molar-refractivity contribution in [1.29, 1.82) is 0 Å². The number of carbonyl (C=O) groups excluding carboxylic acids is 1. The number of amides is 1. The number of nitrogens with one attached hydrogen (secondary N) is 2. The monoisotopic (exact) mass is 382 g/mol. The van der Waals surface area contributed by atoms with Crippen LogP contribution in [0.1, 0.15) is 33.6 Å². The molecular formula is C17H23FN4OS2. The first-order chi connectivity index (χ1) is 11.9. The summed E-state index contributed by atoms with van der Waals surface area (Å²) in [6.07, 6.45) is 2.08. The van der Waals surface area contributed by atoms with E-state index in [1.165, 1.54) is 35.2 Å². The SMILES string of the molecule is CC(C)CCC(C)NC(=O)CSc1nnc(Nc2cccc(F)c2)s1. The lowest BCUT2D eigenvalue weighted by atomic mass is 10.0. The highest BCUT2D eigenvalue weighted by Crippen LogP contribution is 2.27. The topological polar surface area (TPSA) is 66.9 Å². The van der Waals surface area contributed by atoms with Gasteiger partial charge in [-0.2, -0.15) is 0 Å². The fourth-order valence-corrected chi connectivity index (χ4v) is 3.69. The number of benzene rings is 1. The Balaban J connectivity index is 1.76. The molecule has 1 atom stereocenters. The molecule has 25 heavy (non-hydrogen) atoms. The van der Waals surface area contributed by atoms with E-state index in [9.17, 15) is 9.18 Å². The van der Waals surface area contributed by atoms with E-state index < -0.39 is 0 Å². The maximum absolute atomic E-state index is 13.2. The Morgan fingerprint density at radius 3 is 2.80 bits per heavy atom. The molecule has 2 aromatic rings. The summed E-state index contributed by atoms with van der Waals surface area (Å²) in [4.78, 5) is 12.0. The van der Waals surface area contributed by atoms with Crippen molar-refractivity contribution in [3.05, 3.63) is 30.1 Å². The van der Waals surface area contributed by atoms with Crippen molar-refractivity contribution in [3.63, 3.8) is 0 Å². The molecule has 0 spiro atoms. The Morgan fingerprint density at radius 1 is 1.28 bits per heavy atom. The molecule has 1 aromatic carbocycles. The number of thioether (sulfide) groups is 1. The van der Waals surface area contributed by atoms with Crippen LogP contribution in [0, 0.1) is 11.7 Å². The summed E-state index contributed by atoms with van der Waals surface area (Å²) in [6.45, 7) is 6.38. The van der Waals surface area contributed by atoms with Crippen molar-refractivity contribution in [3.8, 4) is 0 Å². The van der Waals surface area contributed by atoms with Crippen molar-refractivity contribution in [1.82, 2.24) is 15.5 Å². The van der Waals surface area contributed by atoms with E-state index in [4.69, 9.17) is 0 Å². The summed E-state index contributed by atoms with van der Waals surface area (Å²) in [5.41, 5.74) is 0.615. The highest BCUT2D eigenvalue weighted by Gasteiger charge is 2.11. The van der Waals surface area contributed by atoms with Gasteiger partial charge in [-0.3, -0.25) is 4.79 Å². The summed E-state index contributed by atoms with van der Waals surface area (Å²) >= 11 is 2.68. The predicted octanol–water partition coefficient (Wildman–Crippen LogP) is 4.45. The molecule has 0 saturated heterocycles. The quantitative estimate of drug-likeness (QED) is 0.627. The van der Waals surface area contributed by atoms with Gasteiger partial charge < -0.3 is 10.6 Å². The van der Waals surface area contributed by atoms with Crippen LogP contribution in [0.2, 0.25) is 0 Å². The van der Waals surface area contributed by atoms with E-state index in [1.54, 1.807) is 12.1 Å². The Hall–Kier alpha value is -1.67. The maximum Gasteiger partial charge on any atom is 0.230 e. The van der Waals surface area contributed by atoms with Gasteiger partial charge in [0.25, 0.3) is 0 Å². The predicted molar refractivity (Wildman–Crippen MR) is 102 cm³/mol. The zero-order valence-electron chi connectivity index (χ0n) is 14.6. The molecule has 0 aliphatic rings. The zero-order chi connectivity index (χ0) is 18.2. The molecular weight excluding hydrogens is 359 g/mol. The summed E-state index contributed by atoms with van der Waals surface area (Å²) < 4.78 is 13.9. The fraction of sp³-hybridized carbons (Fsp3) is 0.471. The second kappa shape index (κ2) is 9.72. The molecule has 1 heterocycles. The van der Waals surface area contributed by atoms with E-state index >= 15 is 0 Å². The number of rotatable bonds is 9. The third-order valence-electron chi connectivity index (χ3n) is 3.39. The van der Waals surface area contributed by atoms with Gasteiger partial charge in [-0.15, -0.1) is 10.2 Å². The fourth-order valence-electron chi connectivity index (χ4n) is 2.11. The standard InChI is InChI=1S/C17H23FN4OS2/c1-11(2)7-8-12(3)19-15(23)10-24-17-22-21-16(25-17)20-14-6-4-5-13(18)9-14/h4-6,9,11-12H,7-8,10H2,1-3H3,(H,19,23)(H,20,21). The van der Waals surface area contributed by atoms with Crippen LogP contribution in [-0.4, -0.2) is 27.9 Å². The minimum atomic E-state index is -0.313. The van der Waals surface area contributed by atoms with Gasteiger partial charge in [0.1, 0.15) is 5.82 Å². The van der Waals surface area contributed by atoms with Crippen molar-refractivity contribution >= 4 is 39.8 Å². The zero-order valence-corrected chi connectivity index (χ0v) is 16.2. The third kappa shape index (κ3) is 7.39. The van der Waals surface area contributed by atoms with Crippen LogP contribution in [0.3, 0.4) is 0 Å². The Labute approximate surface area is 155 Å². The van der Waals surface area contributed by atoms with Crippen LogP contribution >= 0.6 is 23.1 Å². The molecule has 8 heteroatoms. The minimum absolute atomic E-state index is 0.00362. The highest BCUT2D eigenvalue weighted by molar-refractivity contribution is 8.01. The Kier molecular flexibility index (Phi) is 7.64. The molecule has 0 aliphatic heterocycles. The van der Waals surface area contributed by atoms with Crippen molar-refractivity contribution < 1.29 is 9.18 Å². The second-order valence-corrected chi connectivity index (χ2v) is 8.44. The summed E-state index contributed by atoms with van der Waals surface area (Å²) in [6, 6.07) is 6.32. The van der Waals surface area contributed by atoms with Gasteiger partial charge in [0.05, 0.1) is 5.75 Å². The maximum atomic E-state index is 13.2. The average molecular weight is 383 g/mol. The molecule has 5 nitrogen and oxygen atoms in total. The van der Waals surface area contributed by atoms with E-state index in [0.29, 0.717) is 26.8 Å². The molecule has 1 amide bonds. The molecule has 2 rings (SSSR count). The lowest BCUT2D eigenvalue weighted by Crippen LogP contribution is -2.33. The van der Waals surface area contributed by atoms with Crippen molar-refractivity contribution in [2.75, 3.05) is 11.1 Å². The van der Waals surface area contributed by atoms with Gasteiger partial charge in [-0.1, -0.05) is 43.0 Å². The number of aromatic nitrogens is 2. The van der Waals surface area contributed by atoms with Crippen LogP contribution in [-0.2, 0) is 4.79 Å². The molecule has 2 N–H and O–H groups in total. The second-order valence-electron chi connectivity index (χ2n) is 6.24. The van der Waals surface area contributed by atoms with Gasteiger partial charge in [-0.25, -0.2) is 4.39 Å². The van der Waals surface area contributed by atoms with E-state index in [2.05, 4.69) is 34.7 Å². The smallest absolute Gasteiger partial charge is 0.230 e. The Bertz CT molecular complexity index is 693. The molecule has 0 fully saturated rings. The van der Waals surface area contributed by atoms with Crippen molar-refractivity contribution in [2.45, 2.75) is 44.0 Å². The number of hydrogen-bond acceptors (Lipinski definition) is 6. The third-order valence-corrected chi connectivity index (χ3v) is 5.37. The number of anilines is 2. The lowest BCUT2D eigenvalue weighted by Gasteiger charge is -2.14. The van der Waals surface area contributed by atoms with Crippen LogP contribution in [0.4, 0.5) is 15.2 Å². The Morgan fingerprint density at radius 2 is 2.08 bits per heavy atom. The van der Waals surface area contributed by atoms with E-state index in [-0.39, 0.29) is 17.8 Å². The van der Waals surface area contributed by atoms with Gasteiger partial charge in [0, 0.05) is 11.7 Å². The van der Waals surface area contributed by atoms with Crippen molar-refractivity contribution in [2.24, 2.45) is 5.92 Å². The van der Waals surface area contributed by atoms with E-state index in [0.717, 1.165) is 12.8 Å². The number of hydrogen-bond donors (Lipinski definition) is 2. The van der Waals surface area contributed by atoms with Gasteiger partial charge >= 0.3 is 0 Å². The number of halogens is 1. The number of nitrogens with zero attached hydrogens (tertiary/aromatic N) is 2. The normalized spacial score (nSPS) is 12.2. The summed E-state index contributed by atoms with van der Waals surface area (Å²) in [5.74, 6) is 0.628. The van der Waals surface area contributed by atoms with Crippen LogP contribution in [0.5, 0.6) is 0 Å². The van der Waals surface area contributed by atoms with Crippen LogP contribution in [0.25, 0.3) is 0 Å². The molecule has 0 bridgehead atoms. The minimum Gasteiger partial charge on any atom is -0.353 e. The molecule has 136 valence electrons. The number of carbonyl (C=O) groups is 1. The van der Waals surface area contributed by atoms with Crippen LogP contribution < -0.4 is 10.6 Å².